The highest BCUT2D eigenvalue weighted by Gasteiger charge is 2.33. The van der Waals surface area contributed by atoms with Gasteiger partial charge in [0.2, 0.25) is 0 Å². The average Bonchev–Trinajstić information content (AvgIpc) is 2.98. The van der Waals surface area contributed by atoms with Crippen molar-refractivity contribution in [2.24, 2.45) is 0 Å². The molecule has 0 bridgehead atoms. The van der Waals surface area contributed by atoms with Gasteiger partial charge in [-0.15, -0.1) is 5.10 Å². The summed E-state index contributed by atoms with van der Waals surface area (Å²) in [7, 11) is 0.0425. The van der Waals surface area contributed by atoms with Gasteiger partial charge in [0.05, 0.1) is 5.25 Å². The first-order valence-corrected chi connectivity index (χ1v) is 10.8. The molecule has 2 rings (SSSR count). The zero-order valence-corrected chi connectivity index (χ0v) is 17.5. The minimum Gasteiger partial charge on any atom is -0.371 e. The largest absolute Gasteiger partial charge is 0.371 e. The predicted molar refractivity (Wildman–Crippen MR) is 106 cm³/mol. The van der Waals surface area contributed by atoms with E-state index in [0.717, 1.165) is 29.8 Å². The van der Waals surface area contributed by atoms with Crippen LogP contribution in [0.4, 0.5) is 5.82 Å². The molecule has 0 saturated heterocycles. The Morgan fingerprint density at radius 1 is 1.19 bits per heavy atom. The van der Waals surface area contributed by atoms with Crippen molar-refractivity contribution in [1.82, 2.24) is 19.9 Å². The summed E-state index contributed by atoms with van der Waals surface area (Å²) in [4.78, 5) is 4.86. The minimum absolute atomic E-state index is 0.227. The molecule has 2 heterocycles. The fourth-order valence-corrected chi connectivity index (χ4v) is 5.43. The maximum atomic E-state index is 13.4. The van der Waals surface area contributed by atoms with Crippen molar-refractivity contribution in [3.63, 3.8) is 0 Å². The molecule has 7 nitrogen and oxygen atoms in total. The van der Waals surface area contributed by atoms with E-state index in [-0.39, 0.29) is 4.90 Å². The van der Waals surface area contributed by atoms with Gasteiger partial charge in [0, 0.05) is 30.5 Å². The van der Waals surface area contributed by atoms with Gasteiger partial charge in [-0.2, -0.15) is 0 Å². The average molecular weight is 382 g/mol. The SMILES string of the molecule is CCCCC(CC)S(=O)(=O)c1c(NC)nn2c(C)c(CNC)c(C)nc12. The number of aromatic nitrogens is 3. The number of hydrogen-bond donors (Lipinski definition) is 2. The number of nitrogens with zero attached hydrogens (tertiary/aromatic N) is 3. The van der Waals surface area contributed by atoms with E-state index in [1.54, 1.807) is 11.6 Å². The van der Waals surface area contributed by atoms with E-state index in [0.29, 0.717) is 30.9 Å². The molecular weight excluding hydrogens is 350 g/mol. The van der Waals surface area contributed by atoms with Gasteiger partial charge in [0.1, 0.15) is 0 Å². The van der Waals surface area contributed by atoms with Crippen LogP contribution in [0.15, 0.2) is 4.90 Å². The van der Waals surface area contributed by atoms with Gasteiger partial charge in [0.25, 0.3) is 0 Å². The molecule has 0 amide bonds. The molecule has 2 N–H and O–H groups in total. The molecule has 2 aromatic rings. The number of rotatable bonds is 9. The highest BCUT2D eigenvalue weighted by molar-refractivity contribution is 7.92. The van der Waals surface area contributed by atoms with E-state index in [2.05, 4.69) is 27.6 Å². The summed E-state index contributed by atoms with van der Waals surface area (Å²) in [5.41, 5.74) is 3.18. The lowest BCUT2D eigenvalue weighted by atomic mass is 10.1. The highest BCUT2D eigenvalue weighted by Crippen LogP contribution is 2.32. The van der Waals surface area contributed by atoms with Crippen molar-refractivity contribution in [2.75, 3.05) is 19.4 Å². The van der Waals surface area contributed by atoms with Crippen molar-refractivity contribution >= 4 is 21.3 Å². The molecule has 0 fully saturated rings. The first-order chi connectivity index (χ1) is 12.3. The molecule has 0 saturated carbocycles. The van der Waals surface area contributed by atoms with Gasteiger partial charge in [0.15, 0.2) is 26.2 Å². The van der Waals surface area contributed by atoms with E-state index >= 15 is 0 Å². The van der Waals surface area contributed by atoms with Gasteiger partial charge in [-0.05, 0) is 33.7 Å². The number of sulfone groups is 1. The zero-order valence-electron chi connectivity index (χ0n) is 16.7. The lowest BCUT2D eigenvalue weighted by Crippen LogP contribution is -2.22. The summed E-state index contributed by atoms with van der Waals surface area (Å²) in [6.07, 6.45) is 3.11. The Hall–Kier alpha value is -1.67. The maximum Gasteiger partial charge on any atom is 0.188 e. The fourth-order valence-electron chi connectivity index (χ4n) is 3.38. The fraction of sp³-hybridized carbons (Fsp3) is 0.667. The Labute approximate surface area is 156 Å². The maximum absolute atomic E-state index is 13.4. The van der Waals surface area contributed by atoms with Crippen LogP contribution in [0.1, 0.15) is 56.5 Å². The molecule has 0 radical (unpaired) electrons. The summed E-state index contributed by atoms with van der Waals surface area (Å²) in [5, 5.41) is 10.2. The smallest absolute Gasteiger partial charge is 0.188 e. The second-order valence-electron chi connectivity index (χ2n) is 6.67. The predicted octanol–water partition coefficient (Wildman–Crippen LogP) is 2.85. The molecule has 0 aliphatic carbocycles. The van der Waals surface area contributed by atoms with Crippen LogP contribution in [0, 0.1) is 13.8 Å². The normalized spacial score (nSPS) is 13.3. The molecule has 0 aliphatic heterocycles. The molecule has 146 valence electrons. The Morgan fingerprint density at radius 3 is 2.42 bits per heavy atom. The van der Waals surface area contributed by atoms with Crippen molar-refractivity contribution in [3.8, 4) is 0 Å². The number of unbranched alkanes of at least 4 members (excludes halogenated alkanes) is 1. The summed E-state index contributed by atoms with van der Waals surface area (Å²) < 4.78 is 28.5. The van der Waals surface area contributed by atoms with Crippen molar-refractivity contribution in [1.29, 1.82) is 0 Å². The number of nitrogens with one attached hydrogen (secondary N) is 2. The van der Waals surface area contributed by atoms with Crippen LogP contribution in [-0.2, 0) is 16.4 Å². The minimum atomic E-state index is -3.53. The van der Waals surface area contributed by atoms with Crippen LogP contribution in [0.2, 0.25) is 0 Å². The number of anilines is 1. The summed E-state index contributed by atoms with van der Waals surface area (Å²) in [6.45, 7) is 8.52. The van der Waals surface area contributed by atoms with E-state index in [4.69, 9.17) is 0 Å². The second kappa shape index (κ2) is 8.35. The summed E-state index contributed by atoms with van der Waals surface area (Å²) in [6, 6.07) is 0. The van der Waals surface area contributed by atoms with Gasteiger partial charge >= 0.3 is 0 Å². The van der Waals surface area contributed by atoms with Crippen molar-refractivity contribution < 1.29 is 8.42 Å². The van der Waals surface area contributed by atoms with Crippen LogP contribution in [-0.4, -0.2) is 42.4 Å². The number of hydrogen-bond acceptors (Lipinski definition) is 6. The summed E-state index contributed by atoms with van der Waals surface area (Å²) in [5.74, 6) is 0.372. The summed E-state index contributed by atoms with van der Waals surface area (Å²) >= 11 is 0. The van der Waals surface area contributed by atoms with Gasteiger partial charge in [-0.1, -0.05) is 26.7 Å². The molecule has 1 atom stereocenters. The molecule has 26 heavy (non-hydrogen) atoms. The third kappa shape index (κ3) is 3.57. The Bertz CT molecular complexity index is 874. The lowest BCUT2D eigenvalue weighted by Gasteiger charge is -2.16. The lowest BCUT2D eigenvalue weighted by molar-refractivity contribution is 0.558. The van der Waals surface area contributed by atoms with Gasteiger partial charge in [-0.3, -0.25) is 0 Å². The number of fused-ring (bicyclic) bond motifs is 1. The molecule has 0 spiro atoms. The van der Waals surface area contributed by atoms with Crippen LogP contribution in [0.3, 0.4) is 0 Å². The van der Waals surface area contributed by atoms with E-state index in [1.807, 2.05) is 27.8 Å². The van der Waals surface area contributed by atoms with Crippen LogP contribution < -0.4 is 10.6 Å². The zero-order chi connectivity index (χ0) is 19.5. The molecular formula is C18H31N5O2S. The standard InChI is InChI=1S/C18H31N5O2S/c1-7-9-10-14(8-2)26(24,25)16-17(20-6)22-23-13(4)15(11-19-5)12(3)21-18(16)23/h14,19H,7-11H2,1-6H3,(H,20,22). The van der Waals surface area contributed by atoms with Crippen LogP contribution >= 0.6 is 0 Å². The first-order valence-electron chi connectivity index (χ1n) is 9.28. The van der Waals surface area contributed by atoms with Crippen molar-refractivity contribution in [2.45, 2.75) is 70.1 Å². The third-order valence-corrected chi connectivity index (χ3v) is 7.32. The molecule has 2 aromatic heterocycles. The monoisotopic (exact) mass is 381 g/mol. The Morgan fingerprint density at radius 2 is 1.88 bits per heavy atom. The van der Waals surface area contributed by atoms with Gasteiger partial charge < -0.3 is 10.6 Å². The van der Waals surface area contributed by atoms with E-state index in [9.17, 15) is 8.42 Å². The Kier molecular flexibility index (Phi) is 6.63. The third-order valence-electron chi connectivity index (χ3n) is 4.93. The molecule has 0 aromatic carbocycles. The molecule has 1 unspecified atom stereocenters. The van der Waals surface area contributed by atoms with E-state index in [1.165, 1.54) is 0 Å². The van der Waals surface area contributed by atoms with Crippen LogP contribution in [0.25, 0.3) is 5.65 Å². The molecule has 8 heteroatoms. The quantitative estimate of drug-likeness (QED) is 0.694. The van der Waals surface area contributed by atoms with Gasteiger partial charge in [-0.25, -0.2) is 17.9 Å². The number of aryl methyl sites for hydroxylation is 2. The second-order valence-corrected chi connectivity index (χ2v) is 8.84. The Balaban J connectivity index is 2.73. The topological polar surface area (TPSA) is 88.4 Å². The van der Waals surface area contributed by atoms with Crippen LogP contribution in [0.5, 0.6) is 0 Å². The van der Waals surface area contributed by atoms with E-state index < -0.39 is 15.1 Å². The highest BCUT2D eigenvalue weighted by atomic mass is 32.2. The van der Waals surface area contributed by atoms with Crippen molar-refractivity contribution in [3.05, 3.63) is 17.0 Å². The molecule has 0 aliphatic rings. The first kappa shape index (κ1) is 20.6.